The monoisotopic (exact) mass is 187 g/mol. The fraction of sp³-hybridized carbons (Fsp3) is 0.900. The smallest absolute Gasteiger partial charge is 0.151 e. The van der Waals surface area contributed by atoms with Crippen molar-refractivity contribution < 1.29 is 9.90 Å². The lowest BCUT2D eigenvalue weighted by molar-refractivity contribution is -0.124. The van der Waals surface area contributed by atoms with Crippen LogP contribution in [0.2, 0.25) is 0 Å². The molecule has 0 aromatic carbocycles. The molecule has 2 N–H and O–H groups in total. The Morgan fingerprint density at radius 3 is 2.00 bits per heavy atom. The lowest BCUT2D eigenvalue weighted by Crippen LogP contribution is -2.53. The van der Waals surface area contributed by atoms with E-state index < -0.39 is 5.54 Å². The van der Waals surface area contributed by atoms with E-state index >= 15 is 0 Å². The molecule has 0 saturated heterocycles. The zero-order chi connectivity index (χ0) is 10.7. The molecule has 3 heteroatoms. The first-order chi connectivity index (χ1) is 5.71. The fourth-order valence-corrected chi connectivity index (χ4v) is 0.752. The second-order valence-corrected chi connectivity index (χ2v) is 4.96. The average molecular weight is 187 g/mol. The van der Waals surface area contributed by atoms with Gasteiger partial charge in [0.1, 0.15) is 0 Å². The van der Waals surface area contributed by atoms with Gasteiger partial charge < -0.3 is 10.4 Å². The van der Waals surface area contributed by atoms with Crippen LogP contribution < -0.4 is 5.32 Å². The third kappa shape index (κ3) is 4.39. The van der Waals surface area contributed by atoms with Gasteiger partial charge in [-0.25, -0.2) is 0 Å². The first-order valence-electron chi connectivity index (χ1n) is 4.58. The van der Waals surface area contributed by atoms with Gasteiger partial charge in [0.05, 0.1) is 12.1 Å². The lowest BCUT2D eigenvalue weighted by atomic mass is 9.92. The van der Waals surface area contributed by atoms with Crippen LogP contribution >= 0.6 is 0 Å². The van der Waals surface area contributed by atoms with Crippen LogP contribution in [0.5, 0.6) is 0 Å². The molecule has 0 aromatic rings. The summed E-state index contributed by atoms with van der Waals surface area (Å²) in [5.41, 5.74) is -0.667. The van der Waals surface area contributed by atoms with Gasteiger partial charge in [-0.05, 0) is 19.3 Å². The van der Waals surface area contributed by atoms with Crippen LogP contribution in [0.15, 0.2) is 0 Å². The predicted octanol–water partition coefficient (Wildman–Crippen LogP) is 0.962. The molecule has 0 aliphatic heterocycles. The van der Waals surface area contributed by atoms with Crippen molar-refractivity contribution in [2.24, 2.45) is 5.41 Å². The number of Topliss-reactive ketones (excluding diaryl/α,β-unsaturated/α-hetero) is 1. The molecule has 0 rings (SSSR count). The van der Waals surface area contributed by atoms with Gasteiger partial charge in [-0.3, -0.25) is 4.79 Å². The molecule has 0 amide bonds. The first kappa shape index (κ1) is 12.6. The molecule has 0 aliphatic carbocycles. The Hall–Kier alpha value is -0.410. The minimum atomic E-state index is -0.784. The summed E-state index contributed by atoms with van der Waals surface area (Å²) in [4.78, 5) is 11.2. The molecule has 13 heavy (non-hydrogen) atoms. The Labute approximate surface area is 80.5 Å². The van der Waals surface area contributed by atoms with E-state index in [1.807, 2.05) is 0 Å². The number of aliphatic hydroxyl groups excluding tert-OH is 1. The van der Waals surface area contributed by atoms with Crippen LogP contribution in [-0.2, 0) is 4.79 Å². The van der Waals surface area contributed by atoms with Gasteiger partial charge in [-0.1, -0.05) is 20.8 Å². The average Bonchev–Trinajstić information content (AvgIpc) is 1.98. The molecule has 0 bridgehead atoms. The van der Waals surface area contributed by atoms with E-state index in [1.54, 1.807) is 6.92 Å². The highest BCUT2D eigenvalue weighted by atomic mass is 16.3. The molecular weight excluding hydrogens is 166 g/mol. The number of aliphatic hydroxyl groups is 1. The topological polar surface area (TPSA) is 49.3 Å². The van der Waals surface area contributed by atoms with Gasteiger partial charge in [-0.15, -0.1) is 0 Å². The third-order valence-electron chi connectivity index (χ3n) is 2.10. The molecule has 0 fully saturated rings. The number of hydrogen-bond acceptors (Lipinski definition) is 3. The van der Waals surface area contributed by atoms with E-state index in [0.29, 0.717) is 6.54 Å². The summed E-state index contributed by atoms with van der Waals surface area (Å²) in [7, 11) is 0. The number of carbonyl (C=O) groups is 1. The van der Waals surface area contributed by atoms with Crippen LogP contribution in [0.1, 0.15) is 34.6 Å². The number of ketones is 1. The van der Waals surface area contributed by atoms with Gasteiger partial charge in [0.25, 0.3) is 0 Å². The number of hydrogen-bond donors (Lipinski definition) is 2. The van der Waals surface area contributed by atoms with Crippen molar-refractivity contribution in [2.75, 3.05) is 13.2 Å². The summed E-state index contributed by atoms with van der Waals surface area (Å²) >= 11 is 0. The Balaban J connectivity index is 4.22. The minimum absolute atomic E-state index is 0.0285. The summed E-state index contributed by atoms with van der Waals surface area (Å²) in [5.74, 6) is -0.0285. The summed E-state index contributed by atoms with van der Waals surface area (Å²) < 4.78 is 0. The highest BCUT2D eigenvalue weighted by molar-refractivity contribution is 5.85. The van der Waals surface area contributed by atoms with Crippen molar-refractivity contribution in [1.82, 2.24) is 5.32 Å². The summed E-state index contributed by atoms with van der Waals surface area (Å²) in [6.45, 7) is 10.0. The Morgan fingerprint density at radius 2 is 1.77 bits per heavy atom. The van der Waals surface area contributed by atoms with Crippen LogP contribution in [-0.4, -0.2) is 29.6 Å². The zero-order valence-electron chi connectivity index (χ0n) is 9.27. The lowest BCUT2D eigenvalue weighted by Gasteiger charge is -2.30. The van der Waals surface area contributed by atoms with E-state index in [9.17, 15) is 4.79 Å². The Kier molecular flexibility index (Phi) is 4.07. The minimum Gasteiger partial charge on any atom is -0.394 e. The van der Waals surface area contributed by atoms with Gasteiger partial charge in [0, 0.05) is 6.54 Å². The predicted molar refractivity (Wildman–Crippen MR) is 53.6 cm³/mol. The standard InChI is InChI=1S/C10H21NO2/c1-8(13)10(5,7-12)11-6-9(2,3)4/h11-12H,6-7H2,1-5H3/t10-/m1/s1. The number of carbonyl (C=O) groups excluding carboxylic acids is 1. The fourth-order valence-electron chi connectivity index (χ4n) is 0.752. The van der Waals surface area contributed by atoms with Gasteiger partial charge >= 0.3 is 0 Å². The quantitative estimate of drug-likeness (QED) is 0.689. The second kappa shape index (κ2) is 4.20. The van der Waals surface area contributed by atoms with E-state index in [2.05, 4.69) is 26.1 Å². The molecule has 0 saturated carbocycles. The van der Waals surface area contributed by atoms with Crippen molar-refractivity contribution in [3.8, 4) is 0 Å². The summed E-state index contributed by atoms with van der Waals surface area (Å²) in [6.07, 6.45) is 0. The summed E-state index contributed by atoms with van der Waals surface area (Å²) in [5, 5.41) is 12.2. The molecule has 0 aliphatic rings. The number of rotatable bonds is 4. The normalized spacial score (nSPS) is 16.8. The van der Waals surface area contributed by atoms with Crippen molar-refractivity contribution >= 4 is 5.78 Å². The van der Waals surface area contributed by atoms with E-state index in [4.69, 9.17) is 5.11 Å². The first-order valence-corrected chi connectivity index (χ1v) is 4.58. The van der Waals surface area contributed by atoms with Gasteiger partial charge in [-0.2, -0.15) is 0 Å². The maximum Gasteiger partial charge on any atom is 0.151 e. The van der Waals surface area contributed by atoms with E-state index in [1.165, 1.54) is 6.92 Å². The molecule has 0 heterocycles. The highest BCUT2D eigenvalue weighted by Crippen LogP contribution is 2.13. The largest absolute Gasteiger partial charge is 0.394 e. The second-order valence-electron chi connectivity index (χ2n) is 4.96. The van der Waals surface area contributed by atoms with Crippen molar-refractivity contribution in [1.29, 1.82) is 0 Å². The van der Waals surface area contributed by atoms with Crippen molar-refractivity contribution in [3.05, 3.63) is 0 Å². The zero-order valence-corrected chi connectivity index (χ0v) is 9.27. The molecule has 0 spiro atoms. The highest BCUT2D eigenvalue weighted by Gasteiger charge is 2.29. The molecule has 0 aromatic heterocycles. The van der Waals surface area contributed by atoms with Crippen LogP contribution in [0.4, 0.5) is 0 Å². The molecule has 0 unspecified atom stereocenters. The Bertz CT molecular complexity index is 184. The van der Waals surface area contributed by atoms with Crippen LogP contribution in [0, 0.1) is 5.41 Å². The molecular formula is C10H21NO2. The van der Waals surface area contributed by atoms with Crippen LogP contribution in [0.3, 0.4) is 0 Å². The van der Waals surface area contributed by atoms with Crippen LogP contribution in [0.25, 0.3) is 0 Å². The summed E-state index contributed by atoms with van der Waals surface area (Å²) in [6, 6.07) is 0. The van der Waals surface area contributed by atoms with E-state index in [-0.39, 0.29) is 17.8 Å². The maximum absolute atomic E-state index is 11.2. The molecule has 78 valence electrons. The SMILES string of the molecule is CC(=O)[C@@](C)(CO)NCC(C)(C)C. The Morgan fingerprint density at radius 1 is 1.31 bits per heavy atom. The molecule has 3 nitrogen and oxygen atoms in total. The van der Waals surface area contributed by atoms with Crippen molar-refractivity contribution in [2.45, 2.75) is 40.2 Å². The van der Waals surface area contributed by atoms with Gasteiger partial charge in [0.2, 0.25) is 0 Å². The molecule has 1 atom stereocenters. The van der Waals surface area contributed by atoms with Crippen molar-refractivity contribution in [3.63, 3.8) is 0 Å². The third-order valence-corrected chi connectivity index (χ3v) is 2.10. The maximum atomic E-state index is 11.2. The van der Waals surface area contributed by atoms with E-state index in [0.717, 1.165) is 0 Å². The van der Waals surface area contributed by atoms with Gasteiger partial charge in [0.15, 0.2) is 5.78 Å². The molecule has 0 radical (unpaired) electrons. The number of nitrogens with one attached hydrogen (secondary N) is 1.